The van der Waals surface area contributed by atoms with Gasteiger partial charge in [-0.05, 0) is 36.0 Å². The van der Waals surface area contributed by atoms with Crippen molar-refractivity contribution in [3.8, 4) is 5.75 Å². The number of carbonyl (C=O) groups is 2. The number of benzene rings is 1. The number of ether oxygens (including phenoxy) is 1. The van der Waals surface area contributed by atoms with Gasteiger partial charge in [-0.1, -0.05) is 18.2 Å². The van der Waals surface area contributed by atoms with Crippen molar-refractivity contribution < 1.29 is 14.3 Å². The maximum atomic E-state index is 12.3. The molecule has 1 saturated heterocycles. The molecule has 0 aliphatic carbocycles. The van der Waals surface area contributed by atoms with Crippen LogP contribution in [0.15, 0.2) is 42.5 Å². The van der Waals surface area contributed by atoms with Gasteiger partial charge in [-0.25, -0.2) is 0 Å². The normalized spacial score (nSPS) is 16.9. The molecule has 2 rings (SSSR count). The van der Waals surface area contributed by atoms with Gasteiger partial charge in [0.05, 0.1) is 7.11 Å². The molecule has 1 aliphatic heterocycles. The van der Waals surface area contributed by atoms with Crippen molar-refractivity contribution >= 4 is 35.2 Å². The van der Waals surface area contributed by atoms with E-state index in [1.807, 2.05) is 0 Å². The van der Waals surface area contributed by atoms with Crippen molar-refractivity contribution in [1.82, 2.24) is 10.2 Å². The summed E-state index contributed by atoms with van der Waals surface area (Å²) >= 11 is 4.98. The van der Waals surface area contributed by atoms with Crippen LogP contribution in [0.1, 0.15) is 5.56 Å². The standard InChI is InChI=1S/C15H14N2O3S/c1-3-8-17-14(19)12(13(18)16-15(17)21)9-10-4-6-11(20-2)7-5-10/h3-7,9H,1,8H2,2H3,(H,16,18,21)/b12-9+. The molecule has 108 valence electrons. The van der Waals surface area contributed by atoms with Crippen molar-refractivity contribution in [3.05, 3.63) is 48.1 Å². The third-order valence-electron chi connectivity index (χ3n) is 2.92. The number of carbonyl (C=O) groups excluding carboxylic acids is 2. The maximum Gasteiger partial charge on any atom is 0.265 e. The van der Waals surface area contributed by atoms with Crippen molar-refractivity contribution in [3.63, 3.8) is 0 Å². The average Bonchev–Trinajstić information content (AvgIpc) is 2.48. The molecule has 0 atom stereocenters. The Balaban J connectivity index is 2.32. The van der Waals surface area contributed by atoms with E-state index in [0.717, 1.165) is 5.56 Å². The number of amides is 2. The molecule has 0 radical (unpaired) electrons. The summed E-state index contributed by atoms with van der Waals surface area (Å²) in [5.41, 5.74) is 0.760. The van der Waals surface area contributed by atoms with Gasteiger partial charge in [0.25, 0.3) is 11.8 Å². The summed E-state index contributed by atoms with van der Waals surface area (Å²) in [6, 6.07) is 7.03. The third-order valence-corrected chi connectivity index (χ3v) is 3.25. The summed E-state index contributed by atoms with van der Waals surface area (Å²) in [6.45, 7) is 3.82. The van der Waals surface area contributed by atoms with Crippen LogP contribution >= 0.6 is 12.2 Å². The van der Waals surface area contributed by atoms with Crippen molar-refractivity contribution in [1.29, 1.82) is 0 Å². The highest BCUT2D eigenvalue weighted by Crippen LogP contribution is 2.17. The monoisotopic (exact) mass is 302 g/mol. The molecule has 1 aliphatic rings. The van der Waals surface area contributed by atoms with Crippen molar-refractivity contribution in [2.75, 3.05) is 13.7 Å². The van der Waals surface area contributed by atoms with E-state index in [4.69, 9.17) is 17.0 Å². The Labute approximate surface area is 127 Å². The Morgan fingerprint density at radius 3 is 2.57 bits per heavy atom. The van der Waals surface area contributed by atoms with E-state index in [0.29, 0.717) is 5.75 Å². The van der Waals surface area contributed by atoms with Gasteiger partial charge >= 0.3 is 0 Å². The number of rotatable bonds is 4. The highest BCUT2D eigenvalue weighted by atomic mass is 32.1. The molecule has 5 nitrogen and oxygen atoms in total. The van der Waals surface area contributed by atoms with E-state index in [1.165, 1.54) is 11.0 Å². The van der Waals surface area contributed by atoms with E-state index in [9.17, 15) is 9.59 Å². The van der Waals surface area contributed by atoms with E-state index in [2.05, 4.69) is 11.9 Å². The highest BCUT2D eigenvalue weighted by molar-refractivity contribution is 7.80. The van der Waals surface area contributed by atoms with Crippen LogP contribution in [0, 0.1) is 0 Å². The van der Waals surface area contributed by atoms with Crippen LogP contribution in [0.25, 0.3) is 6.08 Å². The van der Waals surface area contributed by atoms with Crippen molar-refractivity contribution in [2.45, 2.75) is 0 Å². The molecule has 1 heterocycles. The Kier molecular flexibility index (Phi) is 4.49. The van der Waals surface area contributed by atoms with Crippen LogP contribution in [0.3, 0.4) is 0 Å². The zero-order valence-electron chi connectivity index (χ0n) is 11.5. The predicted octanol–water partition coefficient (Wildman–Crippen LogP) is 1.51. The summed E-state index contributed by atoms with van der Waals surface area (Å²) in [6.07, 6.45) is 3.07. The van der Waals surface area contributed by atoms with E-state index in [-0.39, 0.29) is 17.2 Å². The SMILES string of the molecule is C=CCN1C(=O)/C(=C/c2ccc(OC)cc2)C(=O)NC1=S. The molecular weight excluding hydrogens is 288 g/mol. The molecule has 2 amide bonds. The molecule has 1 fully saturated rings. The zero-order chi connectivity index (χ0) is 15.4. The zero-order valence-corrected chi connectivity index (χ0v) is 12.3. The quantitative estimate of drug-likeness (QED) is 0.396. The number of thiocarbonyl (C=S) groups is 1. The first kappa shape index (κ1) is 14.9. The number of nitrogens with zero attached hydrogens (tertiary/aromatic N) is 1. The molecule has 0 bridgehead atoms. The Morgan fingerprint density at radius 1 is 1.33 bits per heavy atom. The lowest BCUT2D eigenvalue weighted by Gasteiger charge is -2.27. The van der Waals surface area contributed by atoms with E-state index >= 15 is 0 Å². The molecule has 0 aromatic heterocycles. The van der Waals surface area contributed by atoms with Gasteiger partial charge < -0.3 is 4.74 Å². The first-order chi connectivity index (χ1) is 10.1. The molecule has 1 aromatic rings. The van der Waals surface area contributed by atoms with Gasteiger partial charge in [0.2, 0.25) is 0 Å². The van der Waals surface area contributed by atoms with E-state index in [1.54, 1.807) is 37.5 Å². The minimum atomic E-state index is -0.499. The van der Waals surface area contributed by atoms with Crippen LogP contribution in [0.2, 0.25) is 0 Å². The first-order valence-electron chi connectivity index (χ1n) is 6.20. The maximum absolute atomic E-state index is 12.3. The molecular formula is C15H14N2O3S. The van der Waals surface area contributed by atoms with Crippen LogP contribution in [-0.4, -0.2) is 35.5 Å². The fraction of sp³-hybridized carbons (Fsp3) is 0.133. The van der Waals surface area contributed by atoms with Crippen LogP contribution in [-0.2, 0) is 9.59 Å². The minimum Gasteiger partial charge on any atom is -0.497 e. The second kappa shape index (κ2) is 6.32. The van der Waals surface area contributed by atoms with Gasteiger partial charge in [-0.15, -0.1) is 6.58 Å². The summed E-state index contributed by atoms with van der Waals surface area (Å²) in [4.78, 5) is 25.5. The van der Waals surface area contributed by atoms with Gasteiger partial charge in [0.1, 0.15) is 11.3 Å². The van der Waals surface area contributed by atoms with E-state index < -0.39 is 11.8 Å². The molecule has 0 saturated carbocycles. The smallest absolute Gasteiger partial charge is 0.265 e. The number of hydrogen-bond acceptors (Lipinski definition) is 4. The topological polar surface area (TPSA) is 58.6 Å². The molecule has 21 heavy (non-hydrogen) atoms. The van der Waals surface area contributed by atoms with Gasteiger partial charge in [-0.2, -0.15) is 0 Å². The largest absolute Gasteiger partial charge is 0.497 e. The van der Waals surface area contributed by atoms with Crippen LogP contribution in [0.5, 0.6) is 5.75 Å². The molecule has 1 N–H and O–H groups in total. The third kappa shape index (κ3) is 3.17. The van der Waals surface area contributed by atoms with Gasteiger partial charge in [0.15, 0.2) is 5.11 Å². The summed E-state index contributed by atoms with van der Waals surface area (Å²) in [5, 5.41) is 2.59. The highest BCUT2D eigenvalue weighted by Gasteiger charge is 2.32. The molecule has 0 spiro atoms. The Morgan fingerprint density at radius 2 is 2.00 bits per heavy atom. The lowest BCUT2D eigenvalue weighted by Crippen LogP contribution is -2.53. The Bertz CT molecular complexity index is 635. The number of methoxy groups -OCH3 is 1. The summed E-state index contributed by atoms with van der Waals surface area (Å²) < 4.78 is 5.06. The summed E-state index contributed by atoms with van der Waals surface area (Å²) in [5.74, 6) is -0.230. The van der Waals surface area contributed by atoms with Gasteiger partial charge in [0, 0.05) is 6.54 Å². The second-order valence-corrected chi connectivity index (χ2v) is 4.68. The number of hydrogen-bond donors (Lipinski definition) is 1. The van der Waals surface area contributed by atoms with Crippen LogP contribution in [0.4, 0.5) is 0 Å². The fourth-order valence-corrected chi connectivity index (χ4v) is 2.11. The van der Waals surface area contributed by atoms with Gasteiger partial charge in [-0.3, -0.25) is 19.8 Å². The molecule has 0 unspecified atom stereocenters. The minimum absolute atomic E-state index is 0.0376. The second-order valence-electron chi connectivity index (χ2n) is 4.29. The van der Waals surface area contributed by atoms with Crippen LogP contribution < -0.4 is 10.1 Å². The Hall–Kier alpha value is -2.47. The van der Waals surface area contributed by atoms with Crippen molar-refractivity contribution in [2.24, 2.45) is 0 Å². The molecule has 1 aromatic carbocycles. The summed E-state index contributed by atoms with van der Waals surface area (Å²) in [7, 11) is 1.57. The fourth-order valence-electron chi connectivity index (χ4n) is 1.86. The lowest BCUT2D eigenvalue weighted by molar-refractivity contribution is -0.128. The predicted molar refractivity (Wildman–Crippen MR) is 83.6 cm³/mol. The molecule has 6 heteroatoms. The number of nitrogens with one attached hydrogen (secondary N) is 1. The lowest BCUT2D eigenvalue weighted by atomic mass is 10.1. The average molecular weight is 302 g/mol. The first-order valence-corrected chi connectivity index (χ1v) is 6.61.